The number of non-ortho nitro benzene ring substituents is 1. The first kappa shape index (κ1) is 15.4. The second-order valence-corrected chi connectivity index (χ2v) is 4.86. The van der Waals surface area contributed by atoms with Crippen molar-refractivity contribution < 1.29 is 9.72 Å². The van der Waals surface area contributed by atoms with Crippen LogP contribution in [0.1, 0.15) is 27.0 Å². The van der Waals surface area contributed by atoms with Gasteiger partial charge in [0.25, 0.3) is 11.6 Å². The number of nitrogens with zero attached hydrogens (tertiary/aromatic N) is 2. The number of hydrogen-bond acceptors (Lipinski definition) is 4. The van der Waals surface area contributed by atoms with E-state index in [1.807, 2.05) is 32.0 Å². The number of hydrogen-bond donors (Lipinski definition) is 1. The molecule has 1 N–H and O–H groups in total. The SMILES string of the molecule is Cc1ccc(/C=N\NC(=O)c2ccc([N+](=O)[O-])cc2)c(C)c1. The highest BCUT2D eigenvalue weighted by atomic mass is 16.6. The van der Waals surface area contributed by atoms with Crippen molar-refractivity contribution in [1.82, 2.24) is 5.43 Å². The molecule has 6 heteroatoms. The van der Waals surface area contributed by atoms with Crippen molar-refractivity contribution in [1.29, 1.82) is 0 Å². The Kier molecular flexibility index (Phi) is 4.63. The normalized spacial score (nSPS) is 10.6. The monoisotopic (exact) mass is 297 g/mol. The van der Waals surface area contributed by atoms with Gasteiger partial charge in [-0.3, -0.25) is 14.9 Å². The van der Waals surface area contributed by atoms with Crippen LogP contribution in [0.3, 0.4) is 0 Å². The van der Waals surface area contributed by atoms with Crippen LogP contribution in [0.4, 0.5) is 5.69 Å². The Morgan fingerprint density at radius 2 is 1.86 bits per heavy atom. The van der Waals surface area contributed by atoms with Crippen molar-refractivity contribution in [3.05, 3.63) is 74.8 Å². The fourth-order valence-corrected chi connectivity index (χ4v) is 1.93. The Morgan fingerprint density at radius 1 is 1.18 bits per heavy atom. The van der Waals surface area contributed by atoms with Crippen molar-refractivity contribution in [2.45, 2.75) is 13.8 Å². The Labute approximate surface area is 127 Å². The lowest BCUT2D eigenvalue weighted by atomic mass is 10.1. The van der Waals surface area contributed by atoms with Crippen LogP contribution in [0.2, 0.25) is 0 Å². The summed E-state index contributed by atoms with van der Waals surface area (Å²) >= 11 is 0. The van der Waals surface area contributed by atoms with E-state index in [4.69, 9.17) is 0 Å². The van der Waals surface area contributed by atoms with Crippen LogP contribution in [0, 0.1) is 24.0 Å². The predicted octanol–water partition coefficient (Wildman–Crippen LogP) is 2.98. The number of nitro groups is 1. The summed E-state index contributed by atoms with van der Waals surface area (Å²) in [5.41, 5.74) is 5.78. The number of benzene rings is 2. The molecule has 0 radical (unpaired) electrons. The van der Waals surface area contributed by atoms with Crippen LogP contribution >= 0.6 is 0 Å². The molecule has 0 fully saturated rings. The largest absolute Gasteiger partial charge is 0.271 e. The molecule has 2 aromatic carbocycles. The summed E-state index contributed by atoms with van der Waals surface area (Å²) in [6.45, 7) is 3.97. The Balaban J connectivity index is 2.02. The first-order chi connectivity index (χ1) is 10.5. The molecule has 112 valence electrons. The lowest BCUT2D eigenvalue weighted by molar-refractivity contribution is -0.384. The minimum atomic E-state index is -0.514. The Hall–Kier alpha value is -3.02. The Bertz CT molecular complexity index is 737. The lowest BCUT2D eigenvalue weighted by Gasteiger charge is -2.02. The van der Waals surface area contributed by atoms with Crippen LogP contribution in [0.5, 0.6) is 0 Å². The van der Waals surface area contributed by atoms with Crippen molar-refractivity contribution in [2.75, 3.05) is 0 Å². The van der Waals surface area contributed by atoms with Gasteiger partial charge in [0.2, 0.25) is 0 Å². The molecular formula is C16H15N3O3. The minimum absolute atomic E-state index is 0.0599. The molecule has 0 saturated heterocycles. The molecule has 0 aliphatic heterocycles. The molecular weight excluding hydrogens is 282 g/mol. The first-order valence-electron chi connectivity index (χ1n) is 6.62. The molecule has 0 saturated carbocycles. The van der Waals surface area contributed by atoms with E-state index in [0.29, 0.717) is 5.56 Å². The maximum atomic E-state index is 11.9. The zero-order chi connectivity index (χ0) is 16.1. The Morgan fingerprint density at radius 3 is 2.45 bits per heavy atom. The molecule has 0 aliphatic rings. The first-order valence-corrected chi connectivity index (χ1v) is 6.62. The van der Waals surface area contributed by atoms with Gasteiger partial charge < -0.3 is 0 Å². The third-order valence-corrected chi connectivity index (χ3v) is 3.14. The van der Waals surface area contributed by atoms with Gasteiger partial charge in [-0.15, -0.1) is 0 Å². The number of amides is 1. The van der Waals surface area contributed by atoms with Crippen molar-refractivity contribution in [3.8, 4) is 0 Å². The van der Waals surface area contributed by atoms with Gasteiger partial charge in [-0.05, 0) is 37.1 Å². The smallest absolute Gasteiger partial charge is 0.267 e. The van der Waals surface area contributed by atoms with Gasteiger partial charge in [0.1, 0.15) is 0 Å². The summed E-state index contributed by atoms with van der Waals surface area (Å²) in [5.74, 6) is -0.420. The third-order valence-electron chi connectivity index (χ3n) is 3.14. The average molecular weight is 297 g/mol. The highest BCUT2D eigenvalue weighted by molar-refractivity contribution is 5.95. The molecule has 0 heterocycles. The number of rotatable bonds is 4. The maximum absolute atomic E-state index is 11.9. The van der Waals surface area contributed by atoms with E-state index >= 15 is 0 Å². The number of hydrazone groups is 1. The second kappa shape index (κ2) is 6.62. The predicted molar refractivity (Wildman–Crippen MR) is 84.1 cm³/mol. The molecule has 0 aliphatic carbocycles. The lowest BCUT2D eigenvalue weighted by Crippen LogP contribution is -2.17. The van der Waals surface area contributed by atoms with Gasteiger partial charge in [-0.2, -0.15) is 5.10 Å². The molecule has 6 nitrogen and oxygen atoms in total. The topological polar surface area (TPSA) is 84.6 Å². The average Bonchev–Trinajstić information content (AvgIpc) is 2.49. The summed E-state index contributed by atoms with van der Waals surface area (Å²) in [6, 6.07) is 11.3. The molecule has 0 bridgehead atoms. The molecule has 0 aromatic heterocycles. The van der Waals surface area contributed by atoms with Crippen LogP contribution < -0.4 is 5.43 Å². The van der Waals surface area contributed by atoms with Crippen LogP contribution in [-0.2, 0) is 0 Å². The van der Waals surface area contributed by atoms with E-state index in [1.165, 1.54) is 24.3 Å². The summed E-state index contributed by atoms with van der Waals surface area (Å²) in [7, 11) is 0. The quantitative estimate of drug-likeness (QED) is 0.535. The standard InChI is InChI=1S/C16H15N3O3/c1-11-3-4-14(12(2)9-11)10-17-18-16(20)13-5-7-15(8-6-13)19(21)22/h3-10H,1-2H3,(H,18,20)/b17-10-. The molecule has 0 atom stereocenters. The fraction of sp³-hybridized carbons (Fsp3) is 0.125. The van der Waals surface area contributed by atoms with Gasteiger partial charge in [0.15, 0.2) is 0 Å². The molecule has 22 heavy (non-hydrogen) atoms. The van der Waals surface area contributed by atoms with E-state index in [1.54, 1.807) is 6.21 Å². The highest BCUT2D eigenvalue weighted by Gasteiger charge is 2.08. The van der Waals surface area contributed by atoms with Gasteiger partial charge in [-0.25, -0.2) is 5.43 Å². The summed E-state index contributed by atoms with van der Waals surface area (Å²) in [4.78, 5) is 21.9. The molecule has 0 spiro atoms. The number of nitrogens with one attached hydrogen (secondary N) is 1. The zero-order valence-electron chi connectivity index (χ0n) is 12.2. The third kappa shape index (κ3) is 3.76. The summed E-state index contributed by atoms with van der Waals surface area (Å²) in [6.07, 6.45) is 1.57. The van der Waals surface area contributed by atoms with E-state index in [0.717, 1.165) is 16.7 Å². The van der Waals surface area contributed by atoms with Crippen molar-refractivity contribution >= 4 is 17.8 Å². The number of aryl methyl sites for hydroxylation is 2. The zero-order valence-corrected chi connectivity index (χ0v) is 12.2. The number of carbonyl (C=O) groups excluding carboxylic acids is 1. The van der Waals surface area contributed by atoms with Crippen molar-refractivity contribution in [3.63, 3.8) is 0 Å². The number of carbonyl (C=O) groups is 1. The highest BCUT2D eigenvalue weighted by Crippen LogP contribution is 2.12. The van der Waals surface area contributed by atoms with Crippen molar-refractivity contribution in [2.24, 2.45) is 5.10 Å². The molecule has 0 unspecified atom stereocenters. The molecule has 2 rings (SSSR count). The van der Waals surface area contributed by atoms with Crippen LogP contribution in [0.25, 0.3) is 0 Å². The fourth-order valence-electron chi connectivity index (χ4n) is 1.93. The van der Waals surface area contributed by atoms with Gasteiger partial charge >= 0.3 is 0 Å². The molecule has 2 aromatic rings. The van der Waals surface area contributed by atoms with Crippen LogP contribution in [0.15, 0.2) is 47.6 Å². The van der Waals surface area contributed by atoms with E-state index < -0.39 is 10.8 Å². The summed E-state index contributed by atoms with van der Waals surface area (Å²) < 4.78 is 0. The maximum Gasteiger partial charge on any atom is 0.271 e. The second-order valence-electron chi connectivity index (χ2n) is 4.86. The van der Waals surface area contributed by atoms with Crippen LogP contribution in [-0.4, -0.2) is 17.0 Å². The van der Waals surface area contributed by atoms with Gasteiger partial charge in [0, 0.05) is 17.7 Å². The van der Waals surface area contributed by atoms with Gasteiger partial charge in [-0.1, -0.05) is 23.8 Å². The van der Waals surface area contributed by atoms with E-state index in [-0.39, 0.29) is 5.69 Å². The number of nitro benzene ring substituents is 1. The summed E-state index contributed by atoms with van der Waals surface area (Å²) in [5, 5.41) is 14.5. The van der Waals surface area contributed by atoms with Gasteiger partial charge in [0.05, 0.1) is 11.1 Å². The molecule has 1 amide bonds. The minimum Gasteiger partial charge on any atom is -0.267 e. The van der Waals surface area contributed by atoms with E-state index in [9.17, 15) is 14.9 Å². The van der Waals surface area contributed by atoms with E-state index in [2.05, 4.69) is 10.5 Å².